The van der Waals surface area contributed by atoms with E-state index in [0.717, 1.165) is 0 Å². The van der Waals surface area contributed by atoms with E-state index in [9.17, 15) is 9.18 Å². The maximum atomic E-state index is 14.4. The molecule has 0 N–H and O–H groups in total. The van der Waals surface area contributed by atoms with Gasteiger partial charge in [-0.1, -0.05) is 0 Å². The third-order valence-electron chi connectivity index (χ3n) is 3.94. The highest BCUT2D eigenvalue weighted by Crippen LogP contribution is 2.31. The van der Waals surface area contributed by atoms with Crippen LogP contribution < -0.4 is 4.90 Å². The van der Waals surface area contributed by atoms with E-state index in [2.05, 4.69) is 25.9 Å². The molecule has 1 aromatic heterocycles. The normalized spacial score (nSPS) is 15.5. The van der Waals surface area contributed by atoms with Crippen molar-refractivity contribution in [3.63, 3.8) is 0 Å². The van der Waals surface area contributed by atoms with Crippen LogP contribution in [0.5, 0.6) is 0 Å². The molecular formula is C17H19BrClFN4O2. The van der Waals surface area contributed by atoms with Gasteiger partial charge in [-0.15, -0.1) is 0 Å². The number of halogens is 3. The monoisotopic (exact) mass is 444 g/mol. The lowest BCUT2D eigenvalue weighted by Gasteiger charge is -2.36. The number of benzene rings is 1. The van der Waals surface area contributed by atoms with E-state index < -0.39 is 11.4 Å². The molecule has 1 aliphatic heterocycles. The molecule has 0 atom stereocenters. The van der Waals surface area contributed by atoms with Crippen molar-refractivity contribution < 1.29 is 13.9 Å². The van der Waals surface area contributed by atoms with Gasteiger partial charge in [0.15, 0.2) is 5.82 Å². The van der Waals surface area contributed by atoms with Crippen LogP contribution >= 0.6 is 27.5 Å². The van der Waals surface area contributed by atoms with Gasteiger partial charge >= 0.3 is 6.09 Å². The average molecular weight is 446 g/mol. The Morgan fingerprint density at radius 1 is 1.23 bits per heavy atom. The zero-order valence-corrected chi connectivity index (χ0v) is 17.1. The van der Waals surface area contributed by atoms with Crippen LogP contribution in [-0.4, -0.2) is 52.7 Å². The third kappa shape index (κ3) is 4.01. The lowest BCUT2D eigenvalue weighted by atomic mass is 10.2. The second kappa shape index (κ2) is 7.15. The van der Waals surface area contributed by atoms with Crippen LogP contribution in [0, 0.1) is 5.82 Å². The minimum Gasteiger partial charge on any atom is -0.444 e. The first-order valence-electron chi connectivity index (χ1n) is 8.20. The molecule has 140 valence electrons. The highest BCUT2D eigenvalue weighted by molar-refractivity contribution is 9.10. The van der Waals surface area contributed by atoms with Gasteiger partial charge in [0.05, 0.1) is 4.47 Å². The number of ether oxygens (including phenoxy) is 1. The van der Waals surface area contributed by atoms with Crippen molar-refractivity contribution in [3.8, 4) is 0 Å². The molecule has 1 fully saturated rings. The fourth-order valence-corrected chi connectivity index (χ4v) is 3.25. The molecule has 6 nitrogen and oxygen atoms in total. The van der Waals surface area contributed by atoms with Crippen molar-refractivity contribution in [1.82, 2.24) is 14.9 Å². The predicted octanol–water partition coefficient (Wildman–Crippen LogP) is 4.24. The fourth-order valence-electron chi connectivity index (χ4n) is 2.76. The van der Waals surface area contributed by atoms with Crippen molar-refractivity contribution in [3.05, 3.63) is 27.7 Å². The largest absolute Gasteiger partial charge is 0.444 e. The molecule has 2 aromatic rings. The Morgan fingerprint density at radius 2 is 1.88 bits per heavy atom. The summed E-state index contributed by atoms with van der Waals surface area (Å²) in [6, 6.07) is 3.38. The lowest BCUT2D eigenvalue weighted by Crippen LogP contribution is -2.50. The van der Waals surface area contributed by atoms with Crippen molar-refractivity contribution in [2.75, 3.05) is 31.1 Å². The number of piperazine rings is 1. The van der Waals surface area contributed by atoms with Gasteiger partial charge in [0.2, 0.25) is 5.28 Å². The molecule has 1 amide bonds. The number of anilines is 1. The predicted molar refractivity (Wildman–Crippen MR) is 102 cm³/mol. The van der Waals surface area contributed by atoms with Gasteiger partial charge in [-0.05, 0) is 60.4 Å². The second-order valence-corrected chi connectivity index (χ2v) is 8.22. The standard InChI is InChI=1S/C17H19BrClFN4O2/c1-17(2,3)26-16(25)24-8-6-23(7-9-24)14-10-4-5-11(18)12(20)13(10)21-15(19)22-14/h4-5H,6-9H2,1-3H3. The number of fused-ring (bicyclic) bond motifs is 1. The molecule has 0 radical (unpaired) electrons. The number of carbonyl (C=O) groups excluding carboxylic acids is 1. The number of hydrogen-bond donors (Lipinski definition) is 0. The SMILES string of the molecule is CC(C)(C)OC(=O)N1CCN(c2nc(Cl)nc3c(F)c(Br)ccc23)CC1. The molecule has 1 saturated heterocycles. The summed E-state index contributed by atoms with van der Waals surface area (Å²) >= 11 is 9.16. The highest BCUT2D eigenvalue weighted by Gasteiger charge is 2.27. The quantitative estimate of drug-likeness (QED) is 0.615. The van der Waals surface area contributed by atoms with Crippen LogP contribution in [0.15, 0.2) is 16.6 Å². The van der Waals surface area contributed by atoms with Gasteiger partial charge in [0.1, 0.15) is 16.9 Å². The minimum absolute atomic E-state index is 0.0147. The van der Waals surface area contributed by atoms with Crippen molar-refractivity contribution >= 4 is 50.3 Å². The topological polar surface area (TPSA) is 58.6 Å². The second-order valence-electron chi connectivity index (χ2n) is 7.03. The van der Waals surface area contributed by atoms with E-state index in [1.165, 1.54) is 0 Å². The Morgan fingerprint density at radius 3 is 2.50 bits per heavy atom. The number of aromatic nitrogens is 2. The number of rotatable bonds is 1. The van der Waals surface area contributed by atoms with E-state index in [1.807, 2.05) is 25.7 Å². The van der Waals surface area contributed by atoms with E-state index in [4.69, 9.17) is 16.3 Å². The molecule has 2 heterocycles. The molecule has 1 aromatic carbocycles. The molecular weight excluding hydrogens is 427 g/mol. The Labute approximate surface area is 164 Å². The summed E-state index contributed by atoms with van der Waals surface area (Å²) in [4.78, 5) is 24.1. The molecule has 0 bridgehead atoms. The molecule has 1 aliphatic rings. The zero-order valence-electron chi connectivity index (χ0n) is 14.7. The highest BCUT2D eigenvalue weighted by atomic mass is 79.9. The number of hydrogen-bond acceptors (Lipinski definition) is 5. The first kappa shape index (κ1) is 19.1. The number of carbonyl (C=O) groups is 1. The van der Waals surface area contributed by atoms with Crippen LogP contribution in [-0.2, 0) is 4.74 Å². The van der Waals surface area contributed by atoms with Crippen molar-refractivity contribution in [1.29, 1.82) is 0 Å². The van der Waals surface area contributed by atoms with E-state index in [0.29, 0.717) is 41.9 Å². The smallest absolute Gasteiger partial charge is 0.410 e. The summed E-state index contributed by atoms with van der Waals surface area (Å²) < 4.78 is 20.1. The van der Waals surface area contributed by atoms with Gasteiger partial charge in [-0.3, -0.25) is 0 Å². The van der Waals surface area contributed by atoms with Crippen molar-refractivity contribution in [2.45, 2.75) is 26.4 Å². The van der Waals surface area contributed by atoms with Gasteiger partial charge in [-0.25, -0.2) is 14.2 Å². The van der Waals surface area contributed by atoms with E-state index >= 15 is 0 Å². The first-order chi connectivity index (χ1) is 12.2. The van der Waals surface area contributed by atoms with Gasteiger partial charge in [-0.2, -0.15) is 4.98 Å². The molecule has 0 aliphatic carbocycles. The molecule has 9 heteroatoms. The number of nitrogens with zero attached hydrogens (tertiary/aromatic N) is 4. The summed E-state index contributed by atoms with van der Waals surface area (Å²) in [5.74, 6) is 0.0932. The van der Waals surface area contributed by atoms with Crippen LogP contribution in [0.2, 0.25) is 5.28 Å². The Balaban J connectivity index is 1.82. The Hall–Kier alpha value is -1.67. The summed E-state index contributed by atoms with van der Waals surface area (Å²) in [6.45, 7) is 7.56. The molecule has 3 rings (SSSR count). The van der Waals surface area contributed by atoms with Gasteiger partial charge < -0.3 is 14.5 Å². The van der Waals surface area contributed by atoms with Gasteiger partial charge in [0.25, 0.3) is 0 Å². The lowest BCUT2D eigenvalue weighted by molar-refractivity contribution is 0.0240. The summed E-state index contributed by atoms with van der Waals surface area (Å²) in [7, 11) is 0. The third-order valence-corrected chi connectivity index (χ3v) is 4.72. The molecule has 0 spiro atoms. The maximum absolute atomic E-state index is 14.4. The van der Waals surface area contributed by atoms with Crippen LogP contribution in [0.25, 0.3) is 10.9 Å². The minimum atomic E-state index is -0.532. The van der Waals surface area contributed by atoms with E-state index in [-0.39, 0.29) is 16.9 Å². The number of amides is 1. The average Bonchev–Trinajstić information content (AvgIpc) is 2.56. The van der Waals surface area contributed by atoms with Crippen molar-refractivity contribution in [2.24, 2.45) is 0 Å². The summed E-state index contributed by atoms with van der Waals surface area (Å²) in [5.41, 5.74) is -0.362. The van der Waals surface area contributed by atoms with Crippen LogP contribution in [0.1, 0.15) is 20.8 Å². The fraction of sp³-hybridized carbons (Fsp3) is 0.471. The molecule has 26 heavy (non-hydrogen) atoms. The first-order valence-corrected chi connectivity index (χ1v) is 9.37. The summed E-state index contributed by atoms with van der Waals surface area (Å²) in [5, 5.41) is 0.569. The van der Waals surface area contributed by atoms with Crippen LogP contribution in [0.3, 0.4) is 0 Å². The van der Waals surface area contributed by atoms with Crippen LogP contribution in [0.4, 0.5) is 15.0 Å². The zero-order chi connectivity index (χ0) is 19.1. The molecule has 0 saturated carbocycles. The maximum Gasteiger partial charge on any atom is 0.410 e. The Bertz CT molecular complexity index is 851. The summed E-state index contributed by atoms with van der Waals surface area (Å²) in [6.07, 6.45) is -0.335. The molecule has 0 unspecified atom stereocenters. The van der Waals surface area contributed by atoms with E-state index in [1.54, 1.807) is 17.0 Å². The Kier molecular flexibility index (Phi) is 5.25. The van der Waals surface area contributed by atoms with Gasteiger partial charge in [0, 0.05) is 31.6 Å².